The van der Waals surface area contributed by atoms with E-state index in [0.29, 0.717) is 22.6 Å². The van der Waals surface area contributed by atoms with E-state index in [1.165, 1.54) is 40.9 Å². The topological polar surface area (TPSA) is 128 Å². The fourth-order valence-electron chi connectivity index (χ4n) is 3.53. The van der Waals surface area contributed by atoms with Gasteiger partial charge in [-0.25, -0.2) is 4.79 Å². The van der Waals surface area contributed by atoms with E-state index in [9.17, 15) is 24.5 Å². The summed E-state index contributed by atoms with van der Waals surface area (Å²) in [5.41, 5.74) is 1.13. The number of nitrogens with zero attached hydrogens (tertiary/aromatic N) is 2. The lowest BCUT2D eigenvalue weighted by atomic mass is 10.0. The van der Waals surface area contributed by atoms with Crippen molar-refractivity contribution in [2.75, 3.05) is 12.4 Å². The molecule has 0 bridgehead atoms. The Morgan fingerprint density at radius 2 is 1.84 bits per heavy atom. The molecule has 2 aromatic carbocycles. The summed E-state index contributed by atoms with van der Waals surface area (Å²) in [5, 5.41) is 13.0. The van der Waals surface area contributed by atoms with Crippen LogP contribution in [0.1, 0.15) is 19.4 Å². The van der Waals surface area contributed by atoms with Crippen LogP contribution in [0.25, 0.3) is 0 Å². The summed E-state index contributed by atoms with van der Waals surface area (Å²) >= 11 is 1.35. The maximum atomic E-state index is 13.1. The first-order valence-corrected chi connectivity index (χ1v) is 12.4. The van der Waals surface area contributed by atoms with Gasteiger partial charge in [0.1, 0.15) is 29.5 Å². The lowest BCUT2D eigenvalue weighted by molar-refractivity contribution is -0.384. The first-order chi connectivity index (χ1) is 17.7. The highest BCUT2D eigenvalue weighted by molar-refractivity contribution is 8.00. The average molecular weight is 526 g/mol. The van der Waals surface area contributed by atoms with E-state index in [4.69, 9.17) is 9.47 Å². The van der Waals surface area contributed by atoms with Gasteiger partial charge in [0.2, 0.25) is 0 Å². The van der Waals surface area contributed by atoms with Crippen LogP contribution in [0.5, 0.6) is 5.75 Å². The van der Waals surface area contributed by atoms with Crippen LogP contribution in [-0.4, -0.2) is 51.4 Å². The van der Waals surface area contributed by atoms with Crippen molar-refractivity contribution in [3.8, 4) is 5.75 Å². The van der Waals surface area contributed by atoms with Gasteiger partial charge in [-0.1, -0.05) is 24.3 Å². The van der Waals surface area contributed by atoms with E-state index < -0.39 is 34.1 Å². The van der Waals surface area contributed by atoms with E-state index in [1.54, 1.807) is 44.2 Å². The van der Waals surface area contributed by atoms with Gasteiger partial charge < -0.3 is 14.8 Å². The van der Waals surface area contributed by atoms with Gasteiger partial charge in [0.15, 0.2) is 6.61 Å². The number of amides is 2. The number of nitrogens with one attached hydrogen (secondary N) is 1. The van der Waals surface area contributed by atoms with Crippen molar-refractivity contribution in [3.05, 3.63) is 94.2 Å². The molecule has 2 amide bonds. The van der Waals surface area contributed by atoms with Gasteiger partial charge in [0, 0.05) is 17.9 Å². The van der Waals surface area contributed by atoms with Crippen LogP contribution in [-0.2, 0) is 25.7 Å². The van der Waals surface area contributed by atoms with Crippen LogP contribution >= 0.6 is 11.8 Å². The number of benzene rings is 2. The van der Waals surface area contributed by atoms with Crippen molar-refractivity contribution < 1.29 is 28.8 Å². The highest BCUT2D eigenvalue weighted by Gasteiger charge is 2.51. The second-order valence-corrected chi connectivity index (χ2v) is 9.37. The van der Waals surface area contributed by atoms with Crippen molar-refractivity contribution in [2.45, 2.75) is 31.9 Å². The van der Waals surface area contributed by atoms with Crippen LogP contribution in [0, 0.1) is 10.1 Å². The zero-order chi connectivity index (χ0) is 26.9. The van der Waals surface area contributed by atoms with Crippen molar-refractivity contribution in [3.63, 3.8) is 0 Å². The van der Waals surface area contributed by atoms with Crippen LogP contribution in [0.2, 0.25) is 0 Å². The SMILES string of the molecule is C=CCS[C@@H]1[C@H](NC(=O)COc2ccccc2)C(=O)N1C(C(=O)OCc1ccc([N+](=O)[O-])cc1)=C(C)C. The second-order valence-electron chi connectivity index (χ2n) is 8.22. The molecule has 1 N–H and O–H groups in total. The third kappa shape index (κ3) is 6.98. The number of hydrogen-bond acceptors (Lipinski definition) is 8. The fourth-order valence-corrected chi connectivity index (χ4v) is 4.60. The minimum Gasteiger partial charge on any atom is -0.484 e. The molecule has 1 aliphatic rings. The van der Waals surface area contributed by atoms with E-state index in [-0.39, 0.29) is 24.6 Å². The van der Waals surface area contributed by atoms with Crippen molar-refractivity contribution in [2.24, 2.45) is 0 Å². The molecule has 11 heteroatoms. The van der Waals surface area contributed by atoms with E-state index in [2.05, 4.69) is 11.9 Å². The number of nitro benzene ring substituents is 1. The Morgan fingerprint density at radius 1 is 1.16 bits per heavy atom. The zero-order valence-electron chi connectivity index (χ0n) is 20.4. The first-order valence-electron chi connectivity index (χ1n) is 11.3. The Morgan fingerprint density at radius 3 is 2.43 bits per heavy atom. The molecule has 1 heterocycles. The summed E-state index contributed by atoms with van der Waals surface area (Å²) in [4.78, 5) is 50.2. The van der Waals surface area contributed by atoms with Gasteiger partial charge in [-0.05, 0) is 49.2 Å². The number of thioether (sulfide) groups is 1. The molecule has 10 nitrogen and oxygen atoms in total. The number of likely N-dealkylation sites (tertiary alicyclic amines) is 1. The molecule has 0 radical (unpaired) electrons. The highest BCUT2D eigenvalue weighted by Crippen LogP contribution is 2.35. The standard InChI is InChI=1S/C26H27N3O7S/c1-4-14-37-25-22(27-21(30)16-35-20-8-6-5-7-9-20)24(31)28(25)23(17(2)3)26(32)36-15-18-10-12-19(13-11-18)29(33)34/h4-13,22,25H,1,14-16H2,2-3H3,(H,27,30)/t22-,25-/m1/s1. The molecule has 2 atom stereocenters. The maximum Gasteiger partial charge on any atom is 0.355 e. The van der Waals surface area contributed by atoms with E-state index in [1.807, 2.05) is 6.07 Å². The van der Waals surface area contributed by atoms with E-state index >= 15 is 0 Å². The molecule has 0 aliphatic carbocycles. The summed E-state index contributed by atoms with van der Waals surface area (Å²) in [7, 11) is 0. The van der Waals surface area contributed by atoms with E-state index in [0.717, 1.165) is 0 Å². The number of carbonyl (C=O) groups is 3. The molecule has 0 saturated carbocycles. The average Bonchev–Trinajstić information content (AvgIpc) is 2.89. The summed E-state index contributed by atoms with van der Waals surface area (Å²) in [5.74, 6) is -0.619. The largest absolute Gasteiger partial charge is 0.484 e. The van der Waals surface area contributed by atoms with Gasteiger partial charge in [0.05, 0.1) is 4.92 Å². The van der Waals surface area contributed by atoms with Crippen molar-refractivity contribution >= 4 is 35.2 Å². The van der Waals surface area contributed by atoms with Crippen LogP contribution in [0.4, 0.5) is 5.69 Å². The zero-order valence-corrected chi connectivity index (χ0v) is 21.2. The number of para-hydroxylation sites is 1. The Hall–Kier alpha value is -4.12. The number of ether oxygens (including phenoxy) is 2. The predicted octanol–water partition coefficient (Wildman–Crippen LogP) is 3.58. The monoisotopic (exact) mass is 525 g/mol. The van der Waals surface area contributed by atoms with Gasteiger partial charge in [-0.2, -0.15) is 0 Å². The number of nitro groups is 1. The molecule has 1 fully saturated rings. The molecule has 3 rings (SSSR count). The molecule has 2 aromatic rings. The summed E-state index contributed by atoms with van der Waals surface area (Å²) in [6, 6.07) is 13.6. The first kappa shape index (κ1) is 27.5. The molecule has 0 spiro atoms. The highest BCUT2D eigenvalue weighted by atomic mass is 32.2. The number of esters is 1. The molecular weight excluding hydrogens is 498 g/mol. The van der Waals surface area contributed by atoms with Crippen LogP contribution in [0.15, 0.2) is 78.5 Å². The molecule has 0 unspecified atom stereocenters. The number of β-lactam (4-membered cyclic amide) rings is 1. The Kier molecular flexibility index (Phi) is 9.45. The molecule has 194 valence electrons. The molecule has 1 aliphatic heterocycles. The third-order valence-electron chi connectivity index (χ3n) is 5.28. The quantitative estimate of drug-likeness (QED) is 0.111. The number of non-ortho nitro benzene ring substituents is 1. The Labute approximate surface area is 218 Å². The Bertz CT molecular complexity index is 1190. The minimum atomic E-state index is -0.853. The molecule has 1 saturated heterocycles. The Balaban J connectivity index is 1.66. The lowest BCUT2D eigenvalue weighted by Gasteiger charge is -2.47. The minimum absolute atomic E-state index is 0.0735. The van der Waals surface area contributed by atoms with Crippen LogP contribution in [0.3, 0.4) is 0 Å². The number of hydrogen-bond donors (Lipinski definition) is 1. The number of rotatable bonds is 12. The smallest absolute Gasteiger partial charge is 0.355 e. The maximum absolute atomic E-state index is 13.1. The lowest BCUT2D eigenvalue weighted by Crippen LogP contribution is -2.70. The predicted molar refractivity (Wildman–Crippen MR) is 138 cm³/mol. The van der Waals surface area contributed by atoms with Crippen molar-refractivity contribution in [1.29, 1.82) is 0 Å². The summed E-state index contributed by atoms with van der Waals surface area (Å²) in [6.45, 7) is 6.68. The van der Waals surface area contributed by atoms with Crippen molar-refractivity contribution in [1.82, 2.24) is 10.2 Å². The summed E-state index contributed by atoms with van der Waals surface area (Å²) < 4.78 is 10.9. The molecular formula is C26H27N3O7S. The van der Waals surface area contributed by atoms with Gasteiger partial charge in [0.25, 0.3) is 17.5 Å². The fraction of sp³-hybridized carbons (Fsp3) is 0.269. The molecule has 37 heavy (non-hydrogen) atoms. The number of carbonyl (C=O) groups excluding carboxylic acids is 3. The van der Waals surface area contributed by atoms with Gasteiger partial charge in [-0.3, -0.25) is 24.6 Å². The normalized spacial score (nSPS) is 16.3. The molecule has 0 aromatic heterocycles. The third-order valence-corrected chi connectivity index (χ3v) is 6.54. The summed E-state index contributed by atoms with van der Waals surface area (Å²) in [6.07, 6.45) is 1.66. The van der Waals surface area contributed by atoms with Crippen LogP contribution < -0.4 is 10.1 Å². The second kappa shape index (κ2) is 12.7. The van der Waals surface area contributed by atoms with Gasteiger partial charge >= 0.3 is 5.97 Å². The van der Waals surface area contributed by atoms with Gasteiger partial charge in [-0.15, -0.1) is 18.3 Å². The number of allylic oxidation sites excluding steroid dienone is 1.